The van der Waals surface area contributed by atoms with Crippen molar-refractivity contribution >= 4 is 5.78 Å². The Kier molecular flexibility index (Phi) is 3.24. The molecule has 72 valence electrons. The summed E-state index contributed by atoms with van der Waals surface area (Å²) in [6.45, 7) is 3.18. The topological polar surface area (TPSA) is 50.1 Å². The van der Waals surface area contributed by atoms with E-state index >= 15 is 0 Å². The lowest BCUT2D eigenvalue weighted by Gasteiger charge is -2.10. The molecular formula is C11H11NO2. The van der Waals surface area contributed by atoms with Crippen molar-refractivity contribution in [1.29, 1.82) is 5.26 Å². The van der Waals surface area contributed by atoms with Crippen LogP contribution in [0.1, 0.15) is 19.4 Å². The molecule has 0 aliphatic heterocycles. The zero-order chi connectivity index (χ0) is 10.6. The standard InChI is InChI=1S/C11H11NO2/c1-8(13)9(2)14-11-5-3-10(7-12)4-6-11/h3-6,9H,1-2H3. The number of carbonyl (C=O) groups excluding carboxylic acids is 1. The summed E-state index contributed by atoms with van der Waals surface area (Å²) >= 11 is 0. The highest BCUT2D eigenvalue weighted by atomic mass is 16.5. The van der Waals surface area contributed by atoms with Crippen molar-refractivity contribution in [3.05, 3.63) is 29.8 Å². The molecule has 0 saturated carbocycles. The van der Waals surface area contributed by atoms with E-state index in [2.05, 4.69) is 0 Å². The van der Waals surface area contributed by atoms with Gasteiger partial charge in [0.1, 0.15) is 5.75 Å². The number of nitrogens with zero attached hydrogens (tertiary/aromatic N) is 1. The Labute approximate surface area is 82.9 Å². The van der Waals surface area contributed by atoms with Crippen LogP contribution in [-0.2, 0) is 4.79 Å². The maximum absolute atomic E-state index is 10.9. The summed E-state index contributed by atoms with van der Waals surface area (Å²) in [5, 5.41) is 8.55. The van der Waals surface area contributed by atoms with Gasteiger partial charge in [0.2, 0.25) is 0 Å². The number of benzene rings is 1. The quantitative estimate of drug-likeness (QED) is 0.729. The van der Waals surface area contributed by atoms with E-state index in [4.69, 9.17) is 10.00 Å². The Morgan fingerprint density at radius 1 is 1.43 bits per heavy atom. The maximum Gasteiger partial charge on any atom is 0.169 e. The minimum absolute atomic E-state index is 0.0191. The Balaban J connectivity index is 2.70. The Morgan fingerprint density at radius 2 is 2.00 bits per heavy atom. The predicted molar refractivity (Wildman–Crippen MR) is 51.9 cm³/mol. The number of rotatable bonds is 3. The summed E-state index contributed by atoms with van der Waals surface area (Å²) in [6, 6.07) is 8.67. The van der Waals surface area contributed by atoms with Gasteiger partial charge in [-0.05, 0) is 38.1 Å². The predicted octanol–water partition coefficient (Wildman–Crippen LogP) is 1.91. The van der Waals surface area contributed by atoms with Crippen LogP contribution in [0.2, 0.25) is 0 Å². The molecular weight excluding hydrogens is 178 g/mol. The van der Waals surface area contributed by atoms with Gasteiger partial charge in [-0.3, -0.25) is 4.79 Å². The van der Waals surface area contributed by atoms with Gasteiger partial charge in [-0.15, -0.1) is 0 Å². The maximum atomic E-state index is 10.9. The first-order chi connectivity index (χ1) is 6.63. The molecule has 1 rings (SSSR count). The van der Waals surface area contributed by atoms with Crippen LogP contribution < -0.4 is 4.74 Å². The highest BCUT2D eigenvalue weighted by molar-refractivity contribution is 5.80. The third kappa shape index (κ3) is 2.60. The van der Waals surface area contributed by atoms with E-state index < -0.39 is 6.10 Å². The molecule has 0 fully saturated rings. The monoisotopic (exact) mass is 189 g/mol. The average molecular weight is 189 g/mol. The first-order valence-corrected chi connectivity index (χ1v) is 4.30. The summed E-state index contributed by atoms with van der Waals surface area (Å²) in [7, 11) is 0. The molecule has 0 aromatic heterocycles. The molecule has 0 heterocycles. The van der Waals surface area contributed by atoms with E-state index in [1.807, 2.05) is 6.07 Å². The Bertz CT molecular complexity index is 362. The van der Waals surface area contributed by atoms with Crippen LogP contribution in [0.4, 0.5) is 0 Å². The van der Waals surface area contributed by atoms with Crippen LogP contribution in [0.5, 0.6) is 5.75 Å². The largest absolute Gasteiger partial charge is 0.483 e. The van der Waals surface area contributed by atoms with Crippen molar-refractivity contribution in [3.8, 4) is 11.8 Å². The van der Waals surface area contributed by atoms with E-state index in [-0.39, 0.29) is 5.78 Å². The van der Waals surface area contributed by atoms with Crippen molar-refractivity contribution in [3.63, 3.8) is 0 Å². The van der Waals surface area contributed by atoms with E-state index in [0.29, 0.717) is 11.3 Å². The van der Waals surface area contributed by atoms with Gasteiger partial charge in [0.05, 0.1) is 11.6 Å². The minimum Gasteiger partial charge on any atom is -0.483 e. The molecule has 1 unspecified atom stereocenters. The minimum atomic E-state index is -0.442. The lowest BCUT2D eigenvalue weighted by atomic mass is 10.2. The number of Topliss-reactive ketones (excluding diaryl/α,β-unsaturated/α-hetero) is 1. The van der Waals surface area contributed by atoms with Gasteiger partial charge in [-0.1, -0.05) is 0 Å². The molecule has 1 aromatic carbocycles. The second-order valence-corrected chi connectivity index (χ2v) is 3.01. The van der Waals surface area contributed by atoms with Crippen LogP contribution in [0.15, 0.2) is 24.3 Å². The van der Waals surface area contributed by atoms with Crippen LogP contribution in [-0.4, -0.2) is 11.9 Å². The highest BCUT2D eigenvalue weighted by Crippen LogP contribution is 2.13. The number of carbonyl (C=O) groups is 1. The third-order valence-corrected chi connectivity index (χ3v) is 1.87. The van der Waals surface area contributed by atoms with Crippen molar-refractivity contribution in [2.75, 3.05) is 0 Å². The number of hydrogen-bond acceptors (Lipinski definition) is 3. The fraction of sp³-hybridized carbons (Fsp3) is 0.273. The van der Waals surface area contributed by atoms with Gasteiger partial charge >= 0.3 is 0 Å². The smallest absolute Gasteiger partial charge is 0.169 e. The zero-order valence-corrected chi connectivity index (χ0v) is 8.15. The molecule has 0 amide bonds. The lowest BCUT2D eigenvalue weighted by Crippen LogP contribution is -2.20. The van der Waals surface area contributed by atoms with Gasteiger partial charge in [0.25, 0.3) is 0 Å². The molecule has 0 aliphatic carbocycles. The Hall–Kier alpha value is -1.82. The van der Waals surface area contributed by atoms with Crippen molar-refractivity contribution < 1.29 is 9.53 Å². The normalized spacial score (nSPS) is 11.5. The second-order valence-electron chi connectivity index (χ2n) is 3.01. The van der Waals surface area contributed by atoms with Crippen LogP contribution >= 0.6 is 0 Å². The number of ether oxygens (including phenoxy) is 1. The molecule has 0 N–H and O–H groups in total. The lowest BCUT2D eigenvalue weighted by molar-refractivity contribution is -0.122. The van der Waals surface area contributed by atoms with Crippen LogP contribution in [0, 0.1) is 11.3 Å². The molecule has 0 spiro atoms. The summed E-state index contributed by atoms with van der Waals surface area (Å²) < 4.78 is 5.32. The molecule has 0 bridgehead atoms. The van der Waals surface area contributed by atoms with Gasteiger partial charge < -0.3 is 4.74 Å². The zero-order valence-electron chi connectivity index (χ0n) is 8.15. The van der Waals surface area contributed by atoms with Crippen LogP contribution in [0.25, 0.3) is 0 Å². The molecule has 0 saturated heterocycles. The third-order valence-electron chi connectivity index (χ3n) is 1.87. The molecule has 14 heavy (non-hydrogen) atoms. The Morgan fingerprint density at radius 3 is 2.43 bits per heavy atom. The highest BCUT2D eigenvalue weighted by Gasteiger charge is 2.08. The van der Waals surface area contributed by atoms with Crippen molar-refractivity contribution in [2.45, 2.75) is 20.0 Å². The van der Waals surface area contributed by atoms with Gasteiger partial charge in [0.15, 0.2) is 11.9 Å². The molecule has 1 atom stereocenters. The molecule has 0 aliphatic rings. The molecule has 3 heteroatoms. The SMILES string of the molecule is CC(=O)C(C)Oc1ccc(C#N)cc1. The van der Waals surface area contributed by atoms with Gasteiger partial charge in [0, 0.05) is 0 Å². The van der Waals surface area contributed by atoms with Gasteiger partial charge in [-0.2, -0.15) is 5.26 Å². The van der Waals surface area contributed by atoms with E-state index in [9.17, 15) is 4.79 Å². The number of nitriles is 1. The molecule has 0 radical (unpaired) electrons. The summed E-state index contributed by atoms with van der Waals surface area (Å²) in [5.41, 5.74) is 0.577. The van der Waals surface area contributed by atoms with E-state index in [1.54, 1.807) is 31.2 Å². The van der Waals surface area contributed by atoms with E-state index in [0.717, 1.165) is 0 Å². The fourth-order valence-corrected chi connectivity index (χ4v) is 0.895. The first-order valence-electron chi connectivity index (χ1n) is 4.30. The summed E-state index contributed by atoms with van der Waals surface area (Å²) in [4.78, 5) is 10.9. The number of ketones is 1. The second kappa shape index (κ2) is 4.43. The van der Waals surface area contributed by atoms with Crippen LogP contribution in [0.3, 0.4) is 0 Å². The van der Waals surface area contributed by atoms with Crippen molar-refractivity contribution in [2.24, 2.45) is 0 Å². The fourth-order valence-electron chi connectivity index (χ4n) is 0.895. The average Bonchev–Trinajstić information content (AvgIpc) is 2.19. The summed E-state index contributed by atoms with van der Waals surface area (Å²) in [5.74, 6) is 0.584. The number of hydrogen-bond donors (Lipinski definition) is 0. The molecule has 1 aromatic rings. The first kappa shape index (κ1) is 10.3. The van der Waals surface area contributed by atoms with Gasteiger partial charge in [-0.25, -0.2) is 0 Å². The van der Waals surface area contributed by atoms with Crippen molar-refractivity contribution in [1.82, 2.24) is 0 Å². The summed E-state index contributed by atoms with van der Waals surface area (Å²) in [6.07, 6.45) is -0.442. The van der Waals surface area contributed by atoms with E-state index in [1.165, 1.54) is 6.92 Å². The molecule has 3 nitrogen and oxygen atoms in total.